The summed E-state index contributed by atoms with van der Waals surface area (Å²) in [5.74, 6) is -0.616. The van der Waals surface area contributed by atoms with Gasteiger partial charge in [-0.05, 0) is 92.5 Å². The minimum atomic E-state index is -2.38. The van der Waals surface area contributed by atoms with Crippen LogP contribution in [0.2, 0.25) is 18.1 Å². The monoisotopic (exact) mass is 765 g/mol. The Kier molecular flexibility index (Phi) is 12.7. The molecule has 1 aliphatic rings. The zero-order chi connectivity index (χ0) is 40.1. The number of hydrogen-bond donors (Lipinski definition) is 1. The molecule has 1 N–H and O–H groups in total. The van der Waals surface area contributed by atoms with Crippen molar-refractivity contribution >= 4 is 43.5 Å². The molecule has 2 amide bonds. The summed E-state index contributed by atoms with van der Waals surface area (Å²) < 4.78 is 23.1. The number of nitrogens with zero attached hydrogens (tertiary/aromatic N) is 3. The summed E-state index contributed by atoms with van der Waals surface area (Å²) in [6.07, 6.45) is -1.84. The number of ether oxygens (including phenoxy) is 3. The lowest BCUT2D eigenvalue weighted by atomic mass is 10.1. The minimum Gasteiger partial charge on any atom is -0.457 e. The highest BCUT2D eigenvalue weighted by Gasteiger charge is 2.62. The molecule has 3 aromatic carbocycles. The van der Waals surface area contributed by atoms with Gasteiger partial charge in [-0.3, -0.25) is 20.2 Å². The highest BCUT2D eigenvalue weighted by molar-refractivity contribution is 6.74. The number of esters is 1. The average molecular weight is 766 g/mol. The summed E-state index contributed by atoms with van der Waals surface area (Å²) in [5.41, 5.74) is 0.710. The standard InChI is InChI=1S/C38H49N4O11Si/c1-37(2,3)52-36(45)42(35(44)51-25-27-14-18-31(19-15-27)41(48)49)23-33(53-54(7,8)38(4,5)6)21-32(42)22-39-29-11-9-10-28(20-29)34(43)50-24-26-12-16-30(17-13-26)40(46)47/h9-20,32-33,39H,21-25H2,1-8H3/q+1/t32-,33+,42?/m0/s1. The molecule has 1 aliphatic heterocycles. The van der Waals surface area contributed by atoms with Crippen molar-refractivity contribution in [2.45, 2.75) is 97.1 Å². The van der Waals surface area contributed by atoms with Gasteiger partial charge in [-0.15, -0.1) is 4.48 Å². The molecule has 0 radical (unpaired) electrons. The van der Waals surface area contributed by atoms with E-state index in [1.54, 1.807) is 45.0 Å². The van der Waals surface area contributed by atoms with E-state index in [-0.39, 0.29) is 48.3 Å². The lowest BCUT2D eigenvalue weighted by Gasteiger charge is -2.38. The smallest absolute Gasteiger partial charge is 0.457 e. The molecular formula is C38H49N4O11Si+. The summed E-state index contributed by atoms with van der Waals surface area (Å²) in [7, 11) is -2.38. The zero-order valence-corrected chi connectivity index (χ0v) is 33.0. The van der Waals surface area contributed by atoms with E-state index >= 15 is 0 Å². The maximum Gasteiger partial charge on any atom is 0.527 e. The van der Waals surface area contributed by atoms with Gasteiger partial charge in [0.2, 0.25) is 0 Å². The third-order valence-electron chi connectivity index (χ3n) is 9.63. The fourth-order valence-electron chi connectivity index (χ4n) is 5.72. The van der Waals surface area contributed by atoms with Crippen LogP contribution in [0.5, 0.6) is 0 Å². The average Bonchev–Trinajstić information content (AvgIpc) is 3.46. The molecule has 1 saturated heterocycles. The molecule has 0 spiro atoms. The van der Waals surface area contributed by atoms with Crippen LogP contribution in [0.3, 0.4) is 0 Å². The summed E-state index contributed by atoms with van der Waals surface area (Å²) in [5, 5.41) is 25.2. The van der Waals surface area contributed by atoms with E-state index in [1.807, 2.05) is 0 Å². The summed E-state index contributed by atoms with van der Waals surface area (Å²) in [6, 6.07) is 17.1. The van der Waals surface area contributed by atoms with Gasteiger partial charge in [-0.1, -0.05) is 26.8 Å². The second kappa shape index (κ2) is 16.4. The Morgan fingerprint density at radius 1 is 0.815 bits per heavy atom. The highest BCUT2D eigenvalue weighted by Crippen LogP contribution is 2.41. The van der Waals surface area contributed by atoms with Crippen LogP contribution in [0, 0.1) is 20.2 Å². The number of nitro groups is 2. The normalized spacial score (nSPS) is 18.7. The van der Waals surface area contributed by atoms with E-state index < -0.39 is 58.5 Å². The molecule has 15 nitrogen and oxygen atoms in total. The van der Waals surface area contributed by atoms with Crippen molar-refractivity contribution in [2.24, 2.45) is 0 Å². The maximum atomic E-state index is 14.3. The Bertz CT molecular complexity index is 1850. The molecule has 1 heterocycles. The number of benzene rings is 3. The van der Waals surface area contributed by atoms with Gasteiger partial charge < -0.3 is 24.0 Å². The van der Waals surface area contributed by atoms with Crippen molar-refractivity contribution in [1.82, 2.24) is 0 Å². The number of non-ortho nitro benzene ring substituents is 2. The van der Waals surface area contributed by atoms with E-state index in [4.69, 9.17) is 18.6 Å². The Morgan fingerprint density at radius 2 is 1.35 bits per heavy atom. The molecule has 3 atom stereocenters. The van der Waals surface area contributed by atoms with Crippen LogP contribution in [0.15, 0.2) is 72.8 Å². The first-order valence-corrected chi connectivity index (χ1v) is 20.5. The van der Waals surface area contributed by atoms with Crippen LogP contribution in [0.25, 0.3) is 0 Å². The van der Waals surface area contributed by atoms with Crippen molar-refractivity contribution < 1.29 is 47.3 Å². The third kappa shape index (κ3) is 10.3. The lowest BCUT2D eigenvalue weighted by Crippen LogP contribution is -2.63. The lowest BCUT2D eigenvalue weighted by molar-refractivity contribution is -0.798. The van der Waals surface area contributed by atoms with Gasteiger partial charge >= 0.3 is 18.2 Å². The molecule has 4 rings (SSSR count). The van der Waals surface area contributed by atoms with Crippen LogP contribution in [0.1, 0.15) is 69.4 Å². The molecular weight excluding hydrogens is 717 g/mol. The number of imide groups is 1. The highest BCUT2D eigenvalue weighted by atomic mass is 28.4. The first-order valence-electron chi connectivity index (χ1n) is 17.6. The first kappa shape index (κ1) is 41.6. The minimum absolute atomic E-state index is 0.0398. The molecule has 290 valence electrons. The SMILES string of the molecule is CC(C)(C)OC(=O)[N+]1(C(=O)OCc2ccc([N+](=O)[O-])cc2)C[C@H](O[Si](C)(C)C(C)(C)C)C[C@H]1CNc1cccc(C(=O)OCc2ccc([N+](=O)[O-])cc2)c1. The van der Waals surface area contributed by atoms with E-state index in [1.165, 1.54) is 48.5 Å². The molecule has 1 unspecified atom stereocenters. The zero-order valence-electron chi connectivity index (χ0n) is 32.0. The van der Waals surface area contributed by atoms with Crippen LogP contribution >= 0.6 is 0 Å². The van der Waals surface area contributed by atoms with E-state index in [9.17, 15) is 34.6 Å². The van der Waals surface area contributed by atoms with Gasteiger partial charge in [0, 0.05) is 36.4 Å². The van der Waals surface area contributed by atoms with Crippen molar-refractivity contribution in [2.75, 3.05) is 18.4 Å². The van der Waals surface area contributed by atoms with Crippen LogP contribution < -0.4 is 5.32 Å². The Morgan fingerprint density at radius 3 is 1.85 bits per heavy atom. The van der Waals surface area contributed by atoms with E-state index in [0.717, 1.165) is 0 Å². The molecule has 54 heavy (non-hydrogen) atoms. The fourth-order valence-corrected chi connectivity index (χ4v) is 7.08. The summed E-state index contributed by atoms with van der Waals surface area (Å²) >= 11 is 0. The van der Waals surface area contributed by atoms with E-state index in [2.05, 4.69) is 39.2 Å². The first-order chi connectivity index (χ1) is 25.1. The molecule has 16 heteroatoms. The maximum absolute atomic E-state index is 14.3. The van der Waals surface area contributed by atoms with Crippen LogP contribution in [-0.2, 0) is 31.9 Å². The number of rotatable bonds is 12. The quantitative estimate of drug-likeness (QED) is 0.0463. The van der Waals surface area contributed by atoms with Gasteiger partial charge in [0.15, 0.2) is 8.32 Å². The number of carbonyl (C=O) groups is 3. The van der Waals surface area contributed by atoms with Crippen molar-refractivity contribution in [1.29, 1.82) is 0 Å². The third-order valence-corrected chi connectivity index (χ3v) is 14.2. The molecule has 3 aromatic rings. The fraction of sp³-hybridized carbons (Fsp3) is 0.447. The number of nitro benzene ring substituents is 2. The second-order valence-electron chi connectivity index (χ2n) is 15.9. The number of carbonyl (C=O) groups excluding carboxylic acids is 3. The Hall–Kier alpha value is -5.19. The van der Waals surface area contributed by atoms with E-state index in [0.29, 0.717) is 23.2 Å². The Balaban J connectivity index is 1.60. The van der Waals surface area contributed by atoms with Crippen LogP contribution in [-0.4, -0.2) is 71.6 Å². The molecule has 0 bridgehead atoms. The number of hydrogen-bond acceptors (Lipinski definition) is 12. The number of likely N-dealkylation sites (tertiary alicyclic amines) is 1. The second-order valence-corrected chi connectivity index (χ2v) is 20.6. The summed E-state index contributed by atoms with van der Waals surface area (Å²) in [6.45, 7) is 15.4. The van der Waals surface area contributed by atoms with Gasteiger partial charge in [-0.2, -0.15) is 9.59 Å². The largest absolute Gasteiger partial charge is 0.527 e. The van der Waals surface area contributed by atoms with Crippen molar-refractivity contribution in [3.63, 3.8) is 0 Å². The van der Waals surface area contributed by atoms with Crippen LogP contribution in [0.4, 0.5) is 26.7 Å². The summed E-state index contributed by atoms with van der Waals surface area (Å²) in [4.78, 5) is 62.7. The molecule has 1 fully saturated rings. The number of quaternary nitrogens is 1. The Labute approximate surface area is 315 Å². The molecule has 0 aromatic heterocycles. The number of amides is 2. The van der Waals surface area contributed by atoms with Gasteiger partial charge in [0.05, 0.1) is 22.0 Å². The van der Waals surface area contributed by atoms with Gasteiger partial charge in [0.1, 0.15) is 37.5 Å². The number of anilines is 1. The molecule has 0 saturated carbocycles. The van der Waals surface area contributed by atoms with Gasteiger partial charge in [-0.25, -0.2) is 4.79 Å². The predicted molar refractivity (Wildman–Crippen MR) is 202 cm³/mol. The van der Waals surface area contributed by atoms with Crippen molar-refractivity contribution in [3.05, 3.63) is 110 Å². The number of nitrogens with one attached hydrogen (secondary N) is 1. The van der Waals surface area contributed by atoms with Crippen molar-refractivity contribution in [3.8, 4) is 0 Å². The topological polar surface area (TPSA) is 186 Å². The predicted octanol–water partition coefficient (Wildman–Crippen LogP) is 8.52. The van der Waals surface area contributed by atoms with Gasteiger partial charge in [0.25, 0.3) is 11.4 Å². The molecule has 0 aliphatic carbocycles.